The van der Waals surface area contributed by atoms with E-state index in [2.05, 4.69) is 17.0 Å². The van der Waals surface area contributed by atoms with E-state index >= 15 is 0 Å². The molecule has 2 N–H and O–H groups in total. The number of carbonyl (C=O) groups is 3. The lowest BCUT2D eigenvalue weighted by Crippen LogP contribution is -2.56. The van der Waals surface area contributed by atoms with Crippen molar-refractivity contribution in [3.05, 3.63) is 35.9 Å². The number of aliphatic hydroxyl groups is 2. The van der Waals surface area contributed by atoms with Gasteiger partial charge in [-0.05, 0) is 50.8 Å². The molecule has 0 aromatic heterocycles. The largest absolute Gasteiger partial charge is 0.462 e. The van der Waals surface area contributed by atoms with Gasteiger partial charge in [-0.15, -0.1) is 0 Å². The minimum Gasteiger partial charge on any atom is -0.462 e. The van der Waals surface area contributed by atoms with Crippen molar-refractivity contribution >= 4 is 17.8 Å². The summed E-state index contributed by atoms with van der Waals surface area (Å²) in [4.78, 5) is 43.7. The first-order chi connectivity index (χ1) is 17.8. The highest BCUT2D eigenvalue weighted by Crippen LogP contribution is 2.39. The lowest BCUT2D eigenvalue weighted by atomic mass is 9.74. The van der Waals surface area contributed by atoms with Crippen LogP contribution in [0.5, 0.6) is 0 Å². The van der Waals surface area contributed by atoms with Crippen molar-refractivity contribution in [1.29, 1.82) is 0 Å². The SMILES string of the molecule is CC(=O)N1CC(C(=O)N2CCCCC3(CCN(Cc4ccccc4)CC3)C(=O)OC[C@@H](O)[C@@H](O)CC2)C1. The maximum absolute atomic E-state index is 13.3. The number of nitrogens with zero attached hydrogens (tertiary/aromatic N) is 3. The molecule has 2 amide bonds. The molecule has 9 heteroatoms. The predicted molar refractivity (Wildman–Crippen MR) is 137 cm³/mol. The van der Waals surface area contributed by atoms with Gasteiger partial charge in [0, 0.05) is 39.6 Å². The minimum atomic E-state index is -1.20. The minimum absolute atomic E-state index is 0.00896. The number of aliphatic hydroxyl groups excluding tert-OH is 2. The molecule has 0 aliphatic carbocycles. The zero-order valence-corrected chi connectivity index (χ0v) is 21.9. The lowest BCUT2D eigenvalue weighted by molar-refractivity contribution is -0.165. The number of cyclic esters (lactones) is 1. The molecule has 4 rings (SSSR count). The van der Waals surface area contributed by atoms with Crippen LogP contribution in [0.15, 0.2) is 30.3 Å². The fourth-order valence-corrected chi connectivity index (χ4v) is 5.69. The number of amides is 2. The number of benzene rings is 1. The molecule has 1 spiro atoms. The average Bonchev–Trinajstić information content (AvgIpc) is 2.87. The first-order valence-electron chi connectivity index (χ1n) is 13.6. The van der Waals surface area contributed by atoms with E-state index in [1.165, 1.54) is 12.5 Å². The van der Waals surface area contributed by atoms with Gasteiger partial charge in [-0.3, -0.25) is 19.3 Å². The fourth-order valence-electron chi connectivity index (χ4n) is 5.69. The Morgan fingerprint density at radius 1 is 0.946 bits per heavy atom. The van der Waals surface area contributed by atoms with Gasteiger partial charge in [-0.1, -0.05) is 36.8 Å². The highest BCUT2D eigenvalue weighted by Gasteiger charge is 2.43. The molecule has 9 nitrogen and oxygen atoms in total. The van der Waals surface area contributed by atoms with Crippen LogP contribution < -0.4 is 0 Å². The molecule has 3 fully saturated rings. The third-order valence-corrected chi connectivity index (χ3v) is 8.34. The molecule has 0 radical (unpaired) electrons. The Morgan fingerprint density at radius 2 is 1.65 bits per heavy atom. The van der Waals surface area contributed by atoms with Crippen LogP contribution in [0.3, 0.4) is 0 Å². The smallest absolute Gasteiger partial charge is 0.312 e. The Bertz CT molecular complexity index is 927. The van der Waals surface area contributed by atoms with Gasteiger partial charge in [0.25, 0.3) is 0 Å². The summed E-state index contributed by atoms with van der Waals surface area (Å²) in [6.07, 6.45) is 1.48. The third-order valence-electron chi connectivity index (χ3n) is 8.34. The topological polar surface area (TPSA) is 111 Å². The van der Waals surface area contributed by atoms with Crippen LogP contribution >= 0.6 is 0 Å². The molecule has 0 unspecified atom stereocenters. The van der Waals surface area contributed by atoms with Crippen LogP contribution in [-0.2, 0) is 25.7 Å². The van der Waals surface area contributed by atoms with Crippen molar-refractivity contribution in [3.8, 4) is 0 Å². The summed E-state index contributed by atoms with van der Waals surface area (Å²) in [5, 5.41) is 20.9. The Hall–Kier alpha value is -2.49. The molecule has 37 heavy (non-hydrogen) atoms. The van der Waals surface area contributed by atoms with E-state index in [1.807, 2.05) is 18.2 Å². The molecule has 3 aliphatic rings. The number of rotatable bonds is 3. The number of piperidine rings is 1. The number of likely N-dealkylation sites (tertiary alicyclic amines) is 2. The van der Waals surface area contributed by atoms with Gasteiger partial charge in [0.2, 0.25) is 11.8 Å². The van der Waals surface area contributed by atoms with Gasteiger partial charge in [0.1, 0.15) is 12.7 Å². The Labute approximate surface area is 219 Å². The summed E-state index contributed by atoms with van der Waals surface area (Å²) >= 11 is 0. The molecule has 204 valence electrons. The van der Waals surface area contributed by atoms with Gasteiger partial charge >= 0.3 is 5.97 Å². The Kier molecular flexibility index (Phi) is 9.21. The van der Waals surface area contributed by atoms with Gasteiger partial charge in [0.05, 0.1) is 17.4 Å². The van der Waals surface area contributed by atoms with Crippen molar-refractivity contribution in [2.75, 3.05) is 45.9 Å². The maximum atomic E-state index is 13.3. The molecule has 2 atom stereocenters. The summed E-state index contributed by atoms with van der Waals surface area (Å²) in [6.45, 7) is 5.38. The highest BCUT2D eigenvalue weighted by atomic mass is 16.5. The van der Waals surface area contributed by atoms with E-state index in [0.29, 0.717) is 45.4 Å². The van der Waals surface area contributed by atoms with Gasteiger partial charge in [-0.2, -0.15) is 0 Å². The molecule has 0 saturated carbocycles. The van der Waals surface area contributed by atoms with Crippen LogP contribution in [0, 0.1) is 11.3 Å². The third kappa shape index (κ3) is 6.89. The maximum Gasteiger partial charge on any atom is 0.312 e. The Morgan fingerprint density at radius 3 is 2.32 bits per heavy atom. The summed E-state index contributed by atoms with van der Waals surface area (Å²) in [7, 11) is 0. The number of hydrogen-bond acceptors (Lipinski definition) is 7. The molecular formula is C28H41N3O6. The van der Waals surface area contributed by atoms with E-state index in [9.17, 15) is 24.6 Å². The van der Waals surface area contributed by atoms with Crippen molar-refractivity contribution in [1.82, 2.24) is 14.7 Å². The van der Waals surface area contributed by atoms with Crippen molar-refractivity contribution in [2.24, 2.45) is 11.3 Å². The first kappa shape index (κ1) is 27.5. The molecule has 1 aromatic carbocycles. The molecule has 3 saturated heterocycles. The number of hydrogen-bond donors (Lipinski definition) is 2. The summed E-state index contributed by atoms with van der Waals surface area (Å²) in [5.74, 6) is -0.543. The van der Waals surface area contributed by atoms with Crippen molar-refractivity contribution in [3.63, 3.8) is 0 Å². The average molecular weight is 516 g/mol. The van der Waals surface area contributed by atoms with Crippen LogP contribution in [0.2, 0.25) is 0 Å². The zero-order chi connectivity index (χ0) is 26.4. The van der Waals surface area contributed by atoms with Crippen LogP contribution in [0.1, 0.15) is 51.0 Å². The second-order valence-corrected chi connectivity index (χ2v) is 11.0. The zero-order valence-electron chi connectivity index (χ0n) is 21.9. The van der Waals surface area contributed by atoms with Crippen LogP contribution in [-0.4, -0.2) is 101 Å². The summed E-state index contributed by atoms with van der Waals surface area (Å²) < 4.78 is 5.57. The van der Waals surface area contributed by atoms with E-state index in [-0.39, 0.29) is 36.7 Å². The lowest BCUT2D eigenvalue weighted by Gasteiger charge is -2.41. The highest BCUT2D eigenvalue weighted by molar-refractivity contribution is 5.83. The van der Waals surface area contributed by atoms with Gasteiger partial charge < -0.3 is 24.7 Å². The van der Waals surface area contributed by atoms with E-state index in [4.69, 9.17) is 4.74 Å². The van der Waals surface area contributed by atoms with E-state index in [1.54, 1.807) is 9.80 Å². The molecule has 3 heterocycles. The quantitative estimate of drug-likeness (QED) is 0.586. The van der Waals surface area contributed by atoms with E-state index in [0.717, 1.165) is 32.5 Å². The number of carbonyl (C=O) groups excluding carboxylic acids is 3. The predicted octanol–water partition coefficient (Wildman–Crippen LogP) is 1.41. The normalized spacial score (nSPS) is 26.4. The number of esters is 1. The summed E-state index contributed by atoms with van der Waals surface area (Å²) in [6, 6.07) is 10.3. The fraction of sp³-hybridized carbons (Fsp3) is 0.679. The van der Waals surface area contributed by atoms with Gasteiger partial charge in [0.15, 0.2) is 0 Å². The number of ether oxygens (including phenoxy) is 1. The van der Waals surface area contributed by atoms with Crippen molar-refractivity contribution < 1.29 is 29.3 Å². The van der Waals surface area contributed by atoms with Crippen molar-refractivity contribution in [2.45, 2.75) is 64.2 Å². The molecule has 1 aromatic rings. The molecule has 3 aliphatic heterocycles. The summed E-state index contributed by atoms with van der Waals surface area (Å²) in [5.41, 5.74) is 0.632. The van der Waals surface area contributed by atoms with Crippen LogP contribution in [0.4, 0.5) is 0 Å². The van der Waals surface area contributed by atoms with E-state index < -0.39 is 17.6 Å². The molecular weight excluding hydrogens is 474 g/mol. The second kappa shape index (κ2) is 12.4. The van der Waals surface area contributed by atoms with Gasteiger partial charge in [-0.25, -0.2) is 0 Å². The second-order valence-electron chi connectivity index (χ2n) is 11.0. The Balaban J connectivity index is 1.38. The molecule has 0 bridgehead atoms. The first-order valence-corrected chi connectivity index (χ1v) is 13.6. The standard InChI is InChI=1S/C28H41N3O6/c1-21(32)31-18-23(19-31)26(35)30-13-6-5-10-28(27(36)37-20-25(34)24(33)9-14-30)11-15-29(16-12-28)17-22-7-3-2-4-8-22/h2-4,7-8,23-25,33-34H,5-6,9-20H2,1H3/t24-,25+/m0/s1. The van der Waals surface area contributed by atoms with Crippen LogP contribution in [0.25, 0.3) is 0 Å². The monoisotopic (exact) mass is 515 g/mol.